The third kappa shape index (κ3) is 5.02. The van der Waals surface area contributed by atoms with E-state index in [1.807, 2.05) is 60.7 Å². The number of nitro benzene ring substituents is 2. The summed E-state index contributed by atoms with van der Waals surface area (Å²) in [5.41, 5.74) is 2.76. The summed E-state index contributed by atoms with van der Waals surface area (Å²) >= 11 is 0. The van der Waals surface area contributed by atoms with Gasteiger partial charge in [0.1, 0.15) is 11.0 Å². The van der Waals surface area contributed by atoms with Gasteiger partial charge in [-0.3, -0.25) is 20.2 Å². The van der Waals surface area contributed by atoms with Crippen LogP contribution in [0.1, 0.15) is 22.3 Å². The summed E-state index contributed by atoms with van der Waals surface area (Å²) in [6.45, 7) is 0. The van der Waals surface area contributed by atoms with Gasteiger partial charge in [-0.25, -0.2) is 0 Å². The summed E-state index contributed by atoms with van der Waals surface area (Å²) in [5, 5.41) is 31.8. The molecule has 0 atom stereocenters. The fourth-order valence-corrected chi connectivity index (χ4v) is 3.54. The number of rotatable bonds is 3. The van der Waals surface area contributed by atoms with Crippen molar-refractivity contribution in [2.24, 2.45) is 0 Å². The highest BCUT2D eigenvalue weighted by molar-refractivity contribution is 5.86. The predicted octanol–water partition coefficient (Wildman–Crippen LogP) is 5.04. The summed E-state index contributed by atoms with van der Waals surface area (Å²) in [6.07, 6.45) is 0. The first-order valence-corrected chi connectivity index (χ1v) is 11.0. The molecule has 5 rings (SSSR count). The van der Waals surface area contributed by atoms with Gasteiger partial charge >= 0.3 is 0 Å². The lowest BCUT2D eigenvalue weighted by molar-refractivity contribution is -0.394. The van der Waals surface area contributed by atoms with Gasteiger partial charge in [0.05, 0.1) is 32.7 Å². The number of fused-ring (bicyclic) bond motifs is 1. The van der Waals surface area contributed by atoms with E-state index in [1.165, 1.54) is 12.1 Å². The third-order valence-electron chi connectivity index (χ3n) is 5.31. The van der Waals surface area contributed by atoms with Crippen LogP contribution in [0.15, 0.2) is 91.0 Å². The second kappa shape index (κ2) is 9.82. The van der Waals surface area contributed by atoms with Crippen molar-refractivity contribution < 1.29 is 9.85 Å². The number of hydrogen-bond acceptors (Lipinski definition) is 6. The summed E-state index contributed by atoms with van der Waals surface area (Å²) in [5.74, 6) is 12.4. The van der Waals surface area contributed by atoms with Crippen LogP contribution in [0.3, 0.4) is 0 Å². The monoisotopic (exact) mass is 485 g/mol. The van der Waals surface area contributed by atoms with Crippen molar-refractivity contribution in [2.75, 3.05) is 0 Å². The summed E-state index contributed by atoms with van der Waals surface area (Å²) < 4.78 is 0. The summed E-state index contributed by atoms with van der Waals surface area (Å²) in [6, 6.07) is 25.6. The molecule has 0 unspecified atom stereocenters. The van der Waals surface area contributed by atoms with E-state index in [2.05, 4.69) is 33.9 Å². The van der Waals surface area contributed by atoms with Gasteiger partial charge in [0.15, 0.2) is 0 Å². The number of nitrogens with zero attached hydrogens (tertiary/aromatic N) is 5. The van der Waals surface area contributed by atoms with Gasteiger partial charge in [0.25, 0.3) is 11.4 Å². The minimum atomic E-state index is -0.701. The first-order chi connectivity index (χ1) is 18.0. The highest BCUT2D eigenvalue weighted by Crippen LogP contribution is 2.26. The van der Waals surface area contributed by atoms with Gasteiger partial charge in [0, 0.05) is 23.3 Å². The molecule has 1 aromatic heterocycles. The lowest BCUT2D eigenvalue weighted by atomic mass is 10.1. The van der Waals surface area contributed by atoms with Crippen LogP contribution in [0.25, 0.3) is 16.7 Å². The standard InChI is InChI=1S/C28H15N5O4/c34-32(35)25-17-24(18-26(19-25)33(36)37)31-29-27-22(13-11-20-7-3-1-4-8-20)15-16-23(28(27)30-31)14-12-21-9-5-2-6-10-21/h1-10,15-19H. The predicted molar refractivity (Wildman–Crippen MR) is 137 cm³/mol. The quantitative estimate of drug-likeness (QED) is 0.201. The lowest BCUT2D eigenvalue weighted by Gasteiger charge is -2.00. The smallest absolute Gasteiger partial charge is 0.258 e. The molecule has 9 heteroatoms. The number of nitro groups is 2. The Morgan fingerprint density at radius 1 is 0.595 bits per heavy atom. The number of aromatic nitrogens is 3. The van der Waals surface area contributed by atoms with Gasteiger partial charge in [0.2, 0.25) is 0 Å². The Morgan fingerprint density at radius 3 is 1.43 bits per heavy atom. The first-order valence-electron chi connectivity index (χ1n) is 11.0. The number of benzene rings is 4. The minimum Gasteiger partial charge on any atom is -0.258 e. The molecule has 0 aliphatic rings. The molecule has 0 bridgehead atoms. The molecule has 5 aromatic rings. The van der Waals surface area contributed by atoms with Gasteiger partial charge in [-0.05, 0) is 36.4 Å². The van der Waals surface area contributed by atoms with E-state index in [0.29, 0.717) is 22.2 Å². The van der Waals surface area contributed by atoms with E-state index in [1.54, 1.807) is 12.1 Å². The van der Waals surface area contributed by atoms with Crippen LogP contribution in [-0.4, -0.2) is 24.8 Å². The lowest BCUT2D eigenvalue weighted by Crippen LogP contribution is -2.02. The van der Waals surface area contributed by atoms with Gasteiger partial charge in [-0.1, -0.05) is 60.1 Å². The Labute approximate surface area is 210 Å². The minimum absolute atomic E-state index is 0.0704. The fourth-order valence-electron chi connectivity index (χ4n) is 3.54. The third-order valence-corrected chi connectivity index (χ3v) is 5.31. The highest BCUT2D eigenvalue weighted by Gasteiger charge is 2.20. The zero-order valence-electron chi connectivity index (χ0n) is 19.0. The molecule has 1 heterocycles. The van der Waals surface area contributed by atoms with E-state index < -0.39 is 21.2 Å². The van der Waals surface area contributed by atoms with Crippen molar-refractivity contribution in [3.63, 3.8) is 0 Å². The van der Waals surface area contributed by atoms with Crippen LogP contribution in [0.5, 0.6) is 0 Å². The molecule has 0 saturated heterocycles. The molecule has 176 valence electrons. The molecule has 0 spiro atoms. The van der Waals surface area contributed by atoms with Crippen LogP contribution in [0, 0.1) is 43.9 Å². The molecule has 0 N–H and O–H groups in total. The number of non-ortho nitro benzene ring substituents is 2. The van der Waals surface area contributed by atoms with Crippen molar-refractivity contribution in [3.8, 4) is 29.4 Å². The molecule has 0 saturated carbocycles. The van der Waals surface area contributed by atoms with Gasteiger partial charge in [-0.2, -0.15) is 0 Å². The average Bonchev–Trinajstić information content (AvgIpc) is 3.38. The zero-order valence-corrected chi connectivity index (χ0v) is 19.0. The van der Waals surface area contributed by atoms with Crippen molar-refractivity contribution in [2.45, 2.75) is 0 Å². The summed E-state index contributed by atoms with van der Waals surface area (Å²) in [4.78, 5) is 22.5. The van der Waals surface area contributed by atoms with Gasteiger partial charge in [-0.15, -0.1) is 15.0 Å². The first kappa shape index (κ1) is 23.0. The largest absolute Gasteiger partial charge is 0.278 e. The van der Waals surface area contributed by atoms with E-state index in [4.69, 9.17) is 0 Å². The Morgan fingerprint density at radius 2 is 1.03 bits per heavy atom. The Bertz CT molecular complexity index is 1660. The molecule has 4 aromatic carbocycles. The molecule has 9 nitrogen and oxygen atoms in total. The van der Waals surface area contributed by atoms with E-state index in [9.17, 15) is 20.2 Å². The average molecular weight is 485 g/mol. The van der Waals surface area contributed by atoms with Crippen molar-refractivity contribution in [1.82, 2.24) is 15.0 Å². The normalized spacial score (nSPS) is 10.2. The topological polar surface area (TPSA) is 117 Å². The highest BCUT2D eigenvalue weighted by atomic mass is 16.6. The van der Waals surface area contributed by atoms with Crippen LogP contribution < -0.4 is 0 Å². The Balaban J connectivity index is 1.69. The zero-order chi connectivity index (χ0) is 25.8. The summed E-state index contributed by atoms with van der Waals surface area (Å²) in [7, 11) is 0. The second-order valence-corrected chi connectivity index (χ2v) is 7.80. The Hall–Kier alpha value is -5.80. The van der Waals surface area contributed by atoms with E-state index >= 15 is 0 Å². The SMILES string of the molecule is O=[N+]([O-])c1cc(-n2nc3c(C#Cc4ccccc4)ccc(C#Cc4ccccc4)c3n2)cc([N+](=O)[O-])c1. The van der Waals surface area contributed by atoms with Crippen molar-refractivity contribution in [3.05, 3.63) is 133 Å². The molecule has 37 heavy (non-hydrogen) atoms. The molecule has 0 aliphatic heterocycles. The van der Waals surface area contributed by atoms with Crippen LogP contribution in [-0.2, 0) is 0 Å². The van der Waals surface area contributed by atoms with Crippen LogP contribution in [0.2, 0.25) is 0 Å². The van der Waals surface area contributed by atoms with Crippen LogP contribution in [0.4, 0.5) is 11.4 Å². The molecule has 0 aliphatic carbocycles. The van der Waals surface area contributed by atoms with Crippen molar-refractivity contribution in [1.29, 1.82) is 0 Å². The number of hydrogen-bond donors (Lipinski definition) is 0. The van der Waals surface area contributed by atoms with Crippen LogP contribution >= 0.6 is 0 Å². The van der Waals surface area contributed by atoms with E-state index in [-0.39, 0.29) is 5.69 Å². The molecule has 0 fully saturated rings. The van der Waals surface area contributed by atoms with Gasteiger partial charge < -0.3 is 0 Å². The maximum Gasteiger partial charge on any atom is 0.278 e. The maximum atomic E-state index is 11.4. The van der Waals surface area contributed by atoms with E-state index in [0.717, 1.165) is 22.0 Å². The maximum absolute atomic E-state index is 11.4. The van der Waals surface area contributed by atoms with Crippen molar-refractivity contribution >= 4 is 22.4 Å². The Kier molecular flexibility index (Phi) is 6.10. The molecule has 0 radical (unpaired) electrons. The molecular weight excluding hydrogens is 470 g/mol. The molecule has 0 amide bonds. The second-order valence-electron chi connectivity index (χ2n) is 7.80. The molecular formula is C28H15N5O4. The fraction of sp³-hybridized carbons (Fsp3) is 0.